The highest BCUT2D eigenvalue weighted by atomic mass is 16.6. The van der Waals surface area contributed by atoms with Gasteiger partial charge in [0, 0.05) is 0 Å². The summed E-state index contributed by atoms with van der Waals surface area (Å²) in [6, 6.07) is 4.99. The van der Waals surface area contributed by atoms with Crippen molar-refractivity contribution in [2.45, 2.75) is 26.1 Å². The van der Waals surface area contributed by atoms with Crippen molar-refractivity contribution in [3.05, 3.63) is 29.3 Å². The van der Waals surface area contributed by atoms with E-state index in [4.69, 9.17) is 14.9 Å². The molecule has 0 amide bonds. The molecule has 0 aliphatic heterocycles. The van der Waals surface area contributed by atoms with Crippen LogP contribution in [0.15, 0.2) is 18.2 Å². The minimum atomic E-state index is -2.21. The number of aliphatic hydroxyl groups is 2. The van der Waals surface area contributed by atoms with E-state index in [1.807, 2.05) is 13.0 Å². The summed E-state index contributed by atoms with van der Waals surface area (Å²) in [4.78, 5) is 21.8. The van der Waals surface area contributed by atoms with Gasteiger partial charge in [0.25, 0.3) is 0 Å². The fraction of sp³-hybridized carbons (Fsp3) is 0.333. The van der Waals surface area contributed by atoms with E-state index in [1.165, 1.54) is 6.07 Å². The maximum absolute atomic E-state index is 11.4. The standard InChI is InChI=1S/C12H14O6/c1-6-4-3-5-8(7(6)2)18-12(17)10(14)9(13)11(15)16/h3-5,9-10,13-14H,1-2H3,(H,15,16). The minimum Gasteiger partial charge on any atom is -0.479 e. The molecule has 1 rings (SSSR count). The number of aliphatic hydroxyl groups excluding tert-OH is 2. The lowest BCUT2D eigenvalue weighted by Gasteiger charge is -2.14. The molecule has 0 saturated heterocycles. The molecule has 6 nitrogen and oxygen atoms in total. The average Bonchev–Trinajstić information content (AvgIpc) is 2.32. The zero-order valence-electron chi connectivity index (χ0n) is 9.95. The summed E-state index contributed by atoms with van der Waals surface area (Å²) in [6.07, 6.45) is -4.33. The Hall–Kier alpha value is -1.92. The van der Waals surface area contributed by atoms with Gasteiger partial charge in [0.05, 0.1) is 0 Å². The molecule has 0 spiro atoms. The van der Waals surface area contributed by atoms with Gasteiger partial charge < -0.3 is 20.1 Å². The van der Waals surface area contributed by atoms with Crippen LogP contribution in [0.3, 0.4) is 0 Å². The first-order valence-corrected chi connectivity index (χ1v) is 5.21. The molecule has 1 aromatic carbocycles. The Morgan fingerprint density at radius 2 is 1.78 bits per heavy atom. The van der Waals surface area contributed by atoms with Gasteiger partial charge in [-0.3, -0.25) is 0 Å². The van der Waals surface area contributed by atoms with E-state index < -0.39 is 24.1 Å². The Kier molecular flexibility index (Phi) is 4.41. The molecule has 3 N–H and O–H groups in total. The molecule has 0 radical (unpaired) electrons. The topological polar surface area (TPSA) is 104 Å². The van der Waals surface area contributed by atoms with Gasteiger partial charge in [-0.05, 0) is 31.0 Å². The SMILES string of the molecule is Cc1cccc(OC(=O)C(O)C(O)C(=O)O)c1C. The Morgan fingerprint density at radius 3 is 2.33 bits per heavy atom. The second-order valence-corrected chi connectivity index (χ2v) is 3.85. The van der Waals surface area contributed by atoms with E-state index in [9.17, 15) is 14.7 Å². The molecule has 0 fully saturated rings. The van der Waals surface area contributed by atoms with E-state index in [-0.39, 0.29) is 5.75 Å². The molecular formula is C12H14O6. The lowest BCUT2D eigenvalue weighted by Crippen LogP contribution is -2.41. The fourth-order valence-electron chi connectivity index (χ4n) is 1.27. The molecule has 0 saturated carbocycles. The molecule has 0 aromatic heterocycles. The number of carboxylic acids is 1. The predicted molar refractivity (Wildman–Crippen MR) is 61.2 cm³/mol. The molecule has 18 heavy (non-hydrogen) atoms. The first kappa shape index (κ1) is 14.1. The normalized spacial score (nSPS) is 13.8. The molecule has 0 aliphatic carbocycles. The average molecular weight is 254 g/mol. The van der Waals surface area contributed by atoms with Crippen molar-refractivity contribution in [1.29, 1.82) is 0 Å². The van der Waals surface area contributed by atoms with Crippen molar-refractivity contribution in [1.82, 2.24) is 0 Å². The molecule has 0 bridgehead atoms. The molecule has 98 valence electrons. The number of aryl methyl sites for hydroxylation is 1. The van der Waals surface area contributed by atoms with Crippen LogP contribution in [0.25, 0.3) is 0 Å². The van der Waals surface area contributed by atoms with Crippen LogP contribution in [0.1, 0.15) is 11.1 Å². The quantitative estimate of drug-likeness (QED) is 0.516. The number of carbonyl (C=O) groups is 2. The van der Waals surface area contributed by atoms with Gasteiger partial charge in [-0.1, -0.05) is 12.1 Å². The van der Waals surface area contributed by atoms with E-state index >= 15 is 0 Å². The van der Waals surface area contributed by atoms with Crippen LogP contribution in [0, 0.1) is 13.8 Å². The molecule has 2 atom stereocenters. The first-order chi connectivity index (χ1) is 8.34. The number of hydrogen-bond donors (Lipinski definition) is 3. The third-order valence-electron chi connectivity index (χ3n) is 2.56. The Balaban J connectivity index is 2.82. The number of carbonyl (C=O) groups excluding carboxylic acids is 1. The summed E-state index contributed by atoms with van der Waals surface area (Å²) in [5.74, 6) is -2.68. The van der Waals surface area contributed by atoms with Crippen molar-refractivity contribution >= 4 is 11.9 Å². The Labute approximate surface area is 103 Å². The number of ether oxygens (including phenoxy) is 1. The molecule has 2 unspecified atom stereocenters. The van der Waals surface area contributed by atoms with Gasteiger partial charge in [-0.2, -0.15) is 0 Å². The monoisotopic (exact) mass is 254 g/mol. The summed E-state index contributed by atoms with van der Waals surface area (Å²) in [5, 5.41) is 26.7. The van der Waals surface area contributed by atoms with Crippen LogP contribution >= 0.6 is 0 Å². The van der Waals surface area contributed by atoms with Crippen LogP contribution in [-0.2, 0) is 9.59 Å². The largest absolute Gasteiger partial charge is 0.479 e. The predicted octanol–water partition coefficient (Wildman–Crippen LogP) is 0.0152. The highest BCUT2D eigenvalue weighted by molar-refractivity contribution is 5.85. The summed E-state index contributed by atoms with van der Waals surface area (Å²) in [6.45, 7) is 3.53. The van der Waals surface area contributed by atoms with Gasteiger partial charge in [0.2, 0.25) is 0 Å². The van der Waals surface area contributed by atoms with E-state index in [0.717, 1.165) is 5.56 Å². The lowest BCUT2D eigenvalue weighted by molar-refractivity contribution is -0.164. The van der Waals surface area contributed by atoms with Crippen LogP contribution in [0.5, 0.6) is 5.75 Å². The molecule has 0 heterocycles. The van der Waals surface area contributed by atoms with E-state index in [2.05, 4.69) is 0 Å². The third-order valence-corrected chi connectivity index (χ3v) is 2.56. The van der Waals surface area contributed by atoms with Crippen LogP contribution in [-0.4, -0.2) is 39.5 Å². The third kappa shape index (κ3) is 3.06. The van der Waals surface area contributed by atoms with Crippen molar-refractivity contribution in [3.8, 4) is 5.75 Å². The Bertz CT molecular complexity index is 468. The number of aliphatic carboxylic acids is 1. The van der Waals surface area contributed by atoms with Gasteiger partial charge >= 0.3 is 11.9 Å². The summed E-state index contributed by atoms with van der Waals surface area (Å²) in [5.41, 5.74) is 1.58. The smallest absolute Gasteiger partial charge is 0.343 e. The van der Waals surface area contributed by atoms with Crippen LogP contribution < -0.4 is 4.74 Å². The molecule has 0 aliphatic rings. The maximum Gasteiger partial charge on any atom is 0.343 e. The lowest BCUT2D eigenvalue weighted by atomic mass is 10.1. The summed E-state index contributed by atoms with van der Waals surface area (Å²) >= 11 is 0. The number of benzene rings is 1. The highest BCUT2D eigenvalue weighted by Gasteiger charge is 2.31. The Morgan fingerprint density at radius 1 is 1.17 bits per heavy atom. The van der Waals surface area contributed by atoms with Gasteiger partial charge in [0.1, 0.15) is 5.75 Å². The van der Waals surface area contributed by atoms with Gasteiger partial charge in [-0.15, -0.1) is 0 Å². The number of carboxylic acid groups (broad SMARTS) is 1. The number of esters is 1. The minimum absolute atomic E-state index is 0.219. The van der Waals surface area contributed by atoms with Gasteiger partial charge in [-0.25, -0.2) is 9.59 Å². The zero-order chi connectivity index (χ0) is 13.9. The van der Waals surface area contributed by atoms with Crippen LogP contribution in [0.2, 0.25) is 0 Å². The van der Waals surface area contributed by atoms with Crippen molar-refractivity contribution in [2.75, 3.05) is 0 Å². The number of rotatable bonds is 4. The van der Waals surface area contributed by atoms with Crippen molar-refractivity contribution in [2.24, 2.45) is 0 Å². The van der Waals surface area contributed by atoms with Gasteiger partial charge in [0.15, 0.2) is 12.2 Å². The first-order valence-electron chi connectivity index (χ1n) is 5.21. The van der Waals surface area contributed by atoms with E-state index in [1.54, 1.807) is 13.0 Å². The number of hydrogen-bond acceptors (Lipinski definition) is 5. The van der Waals surface area contributed by atoms with Crippen molar-refractivity contribution in [3.63, 3.8) is 0 Å². The van der Waals surface area contributed by atoms with E-state index in [0.29, 0.717) is 5.56 Å². The second kappa shape index (κ2) is 5.61. The zero-order valence-corrected chi connectivity index (χ0v) is 9.95. The fourth-order valence-corrected chi connectivity index (χ4v) is 1.27. The van der Waals surface area contributed by atoms with Crippen LogP contribution in [0.4, 0.5) is 0 Å². The highest BCUT2D eigenvalue weighted by Crippen LogP contribution is 2.21. The maximum atomic E-state index is 11.4. The molecule has 1 aromatic rings. The summed E-state index contributed by atoms with van der Waals surface area (Å²) < 4.78 is 4.85. The molecular weight excluding hydrogens is 240 g/mol. The molecule has 6 heteroatoms. The van der Waals surface area contributed by atoms with Crippen molar-refractivity contribution < 1.29 is 29.6 Å². The summed E-state index contributed by atoms with van der Waals surface area (Å²) in [7, 11) is 0. The second-order valence-electron chi connectivity index (χ2n) is 3.85.